The molecule has 0 N–H and O–H groups in total. The summed E-state index contributed by atoms with van der Waals surface area (Å²) in [7, 11) is 1.13. The molecule has 4 fully saturated rings. The first kappa shape index (κ1) is 70.3. The first-order chi connectivity index (χ1) is 39.8. The van der Waals surface area contributed by atoms with E-state index >= 15 is 0 Å². The highest BCUT2D eigenvalue weighted by atomic mass is 16.8. The van der Waals surface area contributed by atoms with Crippen molar-refractivity contribution in [1.29, 1.82) is 0 Å². The van der Waals surface area contributed by atoms with Crippen molar-refractivity contribution >= 4 is 77.6 Å². The molecule has 0 unspecified atom stereocenters. The third kappa shape index (κ3) is 21.1. The van der Waals surface area contributed by atoms with Crippen LogP contribution in [0.1, 0.15) is 90.0 Å². The number of hydrogen-bond donors (Lipinski definition) is 0. The monoisotopic (exact) mass is 1230 g/mol. The van der Waals surface area contributed by atoms with Crippen LogP contribution in [0.2, 0.25) is 0 Å². The van der Waals surface area contributed by atoms with Gasteiger partial charge in [0.1, 0.15) is 69.2 Å². The van der Waals surface area contributed by atoms with Crippen molar-refractivity contribution in [2.75, 3.05) is 33.5 Å². The minimum absolute atomic E-state index is 0.639. The molecule has 0 saturated carbocycles. The molecular weight excluding hydrogens is 1160 g/mol. The lowest BCUT2D eigenvalue weighted by Gasteiger charge is -2.51. The van der Waals surface area contributed by atoms with Gasteiger partial charge in [-0.25, -0.2) is 0 Å². The summed E-state index contributed by atoms with van der Waals surface area (Å²) in [6, 6.07) is 0. The molecule has 4 heterocycles. The zero-order valence-corrected chi connectivity index (χ0v) is 48.8. The molecule has 4 aliphatic heterocycles. The van der Waals surface area contributed by atoms with Crippen LogP contribution < -0.4 is 0 Å². The standard InChI is InChI=1S/C51H70O34/c1-19(52)66-15-32-37(71-24(6)57)42(44(75-28(10)61)48(65-14)79-32)84-51-46(77-30(12)63)41(74-27(9)60)39(35(82-51)18-69-22(4)55)83-49-47(78-31(13)64)43(38(72-25(7)58)34(80-49)17-68-21(3)54)85-50-45(76-29(11)62)40(73-26(8)59)36(70-23(5)56)33(81-50)16-67-20(2)53/h32-51H,15-18H2,1-14H3/t32-,33-,34-,35-,36-,37-,38-,39-,40+,41+,42+,43+,44-,45-,46-,47-,48-,49+,50+,51+/m1/s1. The van der Waals surface area contributed by atoms with Crippen molar-refractivity contribution in [3.05, 3.63) is 0 Å². The summed E-state index contributed by atoms with van der Waals surface area (Å²) in [6.45, 7) is 9.26. The topological polar surface area (TPSA) is 416 Å². The van der Waals surface area contributed by atoms with Gasteiger partial charge in [-0.1, -0.05) is 0 Å². The highest BCUT2D eigenvalue weighted by Gasteiger charge is 2.62. The summed E-state index contributed by atoms with van der Waals surface area (Å²) in [6.07, 6.45) is -38.2. The molecule has 85 heavy (non-hydrogen) atoms. The SMILES string of the molecule is CO[C@@H]1O[C@H](COC(C)=O)[C@@H](OC(C)=O)[C@H](O[C@@H]2O[C@H](COC(C)=O)[C@@H](O[C@@H]3O[C@H](COC(C)=O)[C@@H](OC(C)=O)[C@H](O[C@@H]4O[C@H](COC(C)=O)[C@@H](OC(C)=O)[C@H](OC(C)=O)[C@H]4OC(C)=O)[C@H]3OC(C)=O)[C@H](OC(C)=O)[C@H]2OC(C)=O)[C@H]1OC(C)=O. The summed E-state index contributed by atoms with van der Waals surface area (Å²) in [4.78, 5) is 166. The van der Waals surface area contributed by atoms with Crippen LogP contribution in [0.3, 0.4) is 0 Å². The summed E-state index contributed by atoms with van der Waals surface area (Å²) in [5.74, 6) is -13.2. The van der Waals surface area contributed by atoms with E-state index in [1.165, 1.54) is 0 Å². The molecule has 0 bridgehead atoms. The lowest BCUT2D eigenvalue weighted by Crippen LogP contribution is -2.69. The van der Waals surface area contributed by atoms with E-state index in [1.807, 2.05) is 0 Å². The fraction of sp³-hybridized carbons (Fsp3) is 0.745. The Morgan fingerprint density at radius 1 is 0.235 bits per heavy atom. The van der Waals surface area contributed by atoms with Gasteiger partial charge in [0.05, 0.1) is 0 Å². The van der Waals surface area contributed by atoms with Crippen LogP contribution in [-0.2, 0) is 162 Å². The van der Waals surface area contributed by atoms with Crippen LogP contribution in [0.25, 0.3) is 0 Å². The van der Waals surface area contributed by atoms with Gasteiger partial charge < -0.3 is 99.5 Å². The zero-order valence-electron chi connectivity index (χ0n) is 48.8. The van der Waals surface area contributed by atoms with Crippen molar-refractivity contribution in [3.8, 4) is 0 Å². The predicted octanol–water partition coefficient (Wildman–Crippen LogP) is -1.67. The van der Waals surface area contributed by atoms with E-state index in [0.717, 1.165) is 97.1 Å². The van der Waals surface area contributed by atoms with Crippen LogP contribution in [0, 0.1) is 0 Å². The Bertz CT molecular complexity index is 2430. The Kier molecular flexibility index (Phi) is 26.7. The van der Waals surface area contributed by atoms with Gasteiger partial charge in [0.2, 0.25) is 0 Å². The highest BCUT2D eigenvalue weighted by Crippen LogP contribution is 2.40. The number of hydrogen-bond acceptors (Lipinski definition) is 34. The fourth-order valence-corrected chi connectivity index (χ4v) is 9.23. The van der Waals surface area contributed by atoms with Gasteiger partial charge in [-0.3, -0.25) is 62.3 Å². The molecule has 4 saturated heterocycles. The van der Waals surface area contributed by atoms with E-state index < -0.39 is 227 Å². The molecule has 34 heteroatoms. The predicted molar refractivity (Wildman–Crippen MR) is 263 cm³/mol. The highest BCUT2D eigenvalue weighted by molar-refractivity contribution is 5.71. The second-order valence-corrected chi connectivity index (χ2v) is 19.1. The Morgan fingerprint density at radius 3 is 0.682 bits per heavy atom. The summed E-state index contributed by atoms with van der Waals surface area (Å²) >= 11 is 0. The van der Waals surface area contributed by atoms with Crippen molar-refractivity contribution < 1.29 is 162 Å². The van der Waals surface area contributed by atoms with Gasteiger partial charge in [-0.2, -0.15) is 0 Å². The quantitative estimate of drug-likeness (QED) is 0.0770. The molecule has 0 spiro atoms. The lowest BCUT2D eigenvalue weighted by molar-refractivity contribution is -0.389. The lowest BCUT2D eigenvalue weighted by atomic mass is 9.94. The van der Waals surface area contributed by atoms with Crippen molar-refractivity contribution in [2.45, 2.75) is 213 Å². The third-order valence-corrected chi connectivity index (χ3v) is 12.0. The van der Waals surface area contributed by atoms with Crippen molar-refractivity contribution in [2.24, 2.45) is 0 Å². The van der Waals surface area contributed by atoms with Crippen molar-refractivity contribution in [1.82, 2.24) is 0 Å². The van der Waals surface area contributed by atoms with Gasteiger partial charge in [0.15, 0.2) is 80.1 Å². The minimum atomic E-state index is -2.24. The number of methoxy groups -OCH3 is 1. The summed E-state index contributed by atoms with van der Waals surface area (Å²) in [5.41, 5.74) is 0. The normalized spacial score (nSPS) is 32.4. The Balaban J connectivity index is 2.03. The van der Waals surface area contributed by atoms with Gasteiger partial charge in [-0.05, 0) is 0 Å². The molecule has 478 valence electrons. The number of ether oxygens (including phenoxy) is 21. The molecular formula is C51H70O34. The van der Waals surface area contributed by atoms with Gasteiger partial charge in [-0.15, -0.1) is 0 Å². The van der Waals surface area contributed by atoms with Crippen molar-refractivity contribution in [3.63, 3.8) is 0 Å². The average molecular weight is 1230 g/mol. The van der Waals surface area contributed by atoms with Crippen LogP contribution in [0.4, 0.5) is 0 Å². The molecule has 0 radical (unpaired) electrons. The minimum Gasteiger partial charge on any atom is -0.463 e. The van der Waals surface area contributed by atoms with E-state index in [9.17, 15) is 62.3 Å². The third-order valence-electron chi connectivity index (χ3n) is 12.0. The molecule has 4 rings (SSSR count). The Labute approximate surface area is 484 Å². The largest absolute Gasteiger partial charge is 0.463 e. The number of rotatable bonds is 24. The maximum Gasteiger partial charge on any atom is 0.303 e. The second-order valence-electron chi connectivity index (χ2n) is 19.1. The maximum absolute atomic E-state index is 13.4. The van der Waals surface area contributed by atoms with E-state index in [-0.39, 0.29) is 0 Å². The van der Waals surface area contributed by atoms with E-state index in [0.29, 0.717) is 0 Å². The number of carbonyl (C=O) groups is 13. The summed E-state index contributed by atoms with van der Waals surface area (Å²) in [5, 5.41) is 0. The first-order valence-electron chi connectivity index (χ1n) is 26.0. The molecule has 0 aromatic carbocycles. The van der Waals surface area contributed by atoms with E-state index in [2.05, 4.69) is 0 Å². The second kappa shape index (κ2) is 32.3. The first-order valence-corrected chi connectivity index (χ1v) is 26.0. The fourth-order valence-electron chi connectivity index (χ4n) is 9.23. The molecule has 4 aliphatic rings. The zero-order chi connectivity index (χ0) is 63.7. The van der Waals surface area contributed by atoms with Crippen LogP contribution in [0.5, 0.6) is 0 Å². The number of carbonyl (C=O) groups excluding carboxylic acids is 13. The molecule has 0 aromatic heterocycles. The molecule has 0 aromatic rings. The number of esters is 13. The van der Waals surface area contributed by atoms with E-state index in [1.54, 1.807) is 0 Å². The average Bonchev–Trinajstić information content (AvgIpc) is 3.58. The molecule has 0 amide bonds. The van der Waals surface area contributed by atoms with Gasteiger partial charge in [0, 0.05) is 97.1 Å². The molecule has 34 nitrogen and oxygen atoms in total. The van der Waals surface area contributed by atoms with E-state index in [4.69, 9.17) is 99.5 Å². The van der Waals surface area contributed by atoms with Crippen LogP contribution in [-0.4, -0.2) is 234 Å². The Morgan fingerprint density at radius 2 is 0.424 bits per heavy atom. The van der Waals surface area contributed by atoms with Gasteiger partial charge in [0.25, 0.3) is 0 Å². The van der Waals surface area contributed by atoms with Gasteiger partial charge >= 0.3 is 77.6 Å². The summed E-state index contributed by atoms with van der Waals surface area (Å²) < 4.78 is 122. The van der Waals surface area contributed by atoms with Crippen LogP contribution in [0.15, 0.2) is 0 Å². The maximum atomic E-state index is 13.4. The molecule has 20 atom stereocenters. The smallest absolute Gasteiger partial charge is 0.303 e. The van der Waals surface area contributed by atoms with Crippen LogP contribution >= 0.6 is 0 Å². The Hall–Kier alpha value is -7.21. The molecule has 0 aliphatic carbocycles.